The number of rotatable bonds is 13. The van der Waals surface area contributed by atoms with Crippen molar-refractivity contribution in [2.24, 2.45) is 4.99 Å². The number of allylic oxidation sites excluding steroid dienone is 1. The fourth-order valence-electron chi connectivity index (χ4n) is 2.82. The number of carbonyl (C=O) groups excluding carboxylic acids is 1. The Hall–Kier alpha value is -2.70. The van der Waals surface area contributed by atoms with Crippen molar-refractivity contribution in [2.75, 3.05) is 40.9 Å². The van der Waals surface area contributed by atoms with Crippen LogP contribution in [0.2, 0.25) is 0 Å². The first-order chi connectivity index (χ1) is 14.0. The zero-order valence-corrected chi connectivity index (χ0v) is 18.3. The lowest BCUT2D eigenvalue weighted by Crippen LogP contribution is -2.39. The molecule has 1 amide bonds. The Bertz CT molecular complexity index is 661. The summed E-state index contributed by atoms with van der Waals surface area (Å²) in [6.07, 6.45) is 6.52. The molecule has 7 nitrogen and oxygen atoms in total. The van der Waals surface area contributed by atoms with Crippen LogP contribution in [0.25, 0.3) is 0 Å². The van der Waals surface area contributed by atoms with Crippen molar-refractivity contribution in [3.63, 3.8) is 0 Å². The lowest BCUT2D eigenvalue weighted by atomic mass is 10.2. The molecule has 1 rings (SSSR count). The van der Waals surface area contributed by atoms with E-state index in [1.807, 2.05) is 38.2 Å². The molecular formula is C22H36N4O3. The number of nitrogens with one attached hydrogen (secondary N) is 2. The highest BCUT2D eigenvalue weighted by Gasteiger charge is 2.10. The zero-order chi connectivity index (χ0) is 21.5. The van der Waals surface area contributed by atoms with Gasteiger partial charge in [-0.3, -0.25) is 9.79 Å². The van der Waals surface area contributed by atoms with Crippen molar-refractivity contribution >= 4 is 11.9 Å². The number of carbonyl (C=O) groups is 1. The lowest BCUT2D eigenvalue weighted by molar-refractivity contribution is -0.123. The number of aliphatic imine (C=N–C) groups is 1. The molecule has 0 unspecified atom stereocenters. The van der Waals surface area contributed by atoms with Gasteiger partial charge in [0.05, 0.1) is 7.11 Å². The number of ether oxygens (including phenoxy) is 2. The first-order valence-electron chi connectivity index (χ1n) is 10.1. The summed E-state index contributed by atoms with van der Waals surface area (Å²) in [4.78, 5) is 18.1. The van der Waals surface area contributed by atoms with E-state index in [0.717, 1.165) is 30.9 Å². The van der Waals surface area contributed by atoms with Gasteiger partial charge in [0, 0.05) is 33.7 Å². The van der Waals surface area contributed by atoms with E-state index in [2.05, 4.69) is 27.1 Å². The van der Waals surface area contributed by atoms with E-state index in [1.54, 1.807) is 14.2 Å². The standard InChI is InChI=1S/C22H36N4O3/c1-6-8-9-10-11-14-26(4)22(23-3)25-16-18-12-13-19(20(15-18)28-5)29-17-21(27)24-7-2/h6,12-13,15H,1,7-11,14,16-17H2,2-5H3,(H,23,25)(H,24,27). The van der Waals surface area contributed by atoms with E-state index in [-0.39, 0.29) is 12.5 Å². The van der Waals surface area contributed by atoms with Crippen molar-refractivity contribution in [3.8, 4) is 11.5 Å². The van der Waals surface area contributed by atoms with Crippen LogP contribution < -0.4 is 20.1 Å². The van der Waals surface area contributed by atoms with Crippen molar-refractivity contribution in [2.45, 2.75) is 39.2 Å². The second kappa shape index (κ2) is 14.3. The second-order valence-corrected chi connectivity index (χ2v) is 6.69. The molecule has 0 radical (unpaired) electrons. The molecule has 2 N–H and O–H groups in total. The molecule has 1 aromatic rings. The van der Waals surface area contributed by atoms with E-state index in [0.29, 0.717) is 24.6 Å². The number of methoxy groups -OCH3 is 1. The minimum atomic E-state index is -0.156. The molecule has 7 heteroatoms. The number of unbranched alkanes of at least 4 members (excludes halogenated alkanes) is 3. The summed E-state index contributed by atoms with van der Waals surface area (Å²) in [5.74, 6) is 1.84. The molecule has 0 heterocycles. The topological polar surface area (TPSA) is 75.2 Å². The number of benzene rings is 1. The summed E-state index contributed by atoms with van der Waals surface area (Å²) < 4.78 is 11.0. The van der Waals surface area contributed by atoms with Crippen LogP contribution in [0, 0.1) is 0 Å². The number of guanidine groups is 1. The van der Waals surface area contributed by atoms with Crippen molar-refractivity contribution < 1.29 is 14.3 Å². The third-order valence-electron chi connectivity index (χ3n) is 4.39. The molecule has 1 aromatic carbocycles. The fraction of sp³-hybridized carbons (Fsp3) is 0.545. The molecule has 0 aromatic heterocycles. The average Bonchev–Trinajstić information content (AvgIpc) is 2.73. The molecule has 0 aliphatic rings. The third kappa shape index (κ3) is 9.36. The first kappa shape index (κ1) is 24.3. The Morgan fingerprint density at radius 1 is 1.24 bits per heavy atom. The Labute approximate surface area is 175 Å². The Kier molecular flexibility index (Phi) is 12.0. The van der Waals surface area contributed by atoms with Gasteiger partial charge in [-0.1, -0.05) is 18.6 Å². The number of hydrogen-bond donors (Lipinski definition) is 2. The highest BCUT2D eigenvalue weighted by atomic mass is 16.5. The summed E-state index contributed by atoms with van der Waals surface area (Å²) in [5.41, 5.74) is 1.03. The van der Waals surface area contributed by atoms with Gasteiger partial charge in [0.2, 0.25) is 0 Å². The van der Waals surface area contributed by atoms with Crippen LogP contribution in [0.5, 0.6) is 11.5 Å². The zero-order valence-electron chi connectivity index (χ0n) is 18.3. The predicted molar refractivity (Wildman–Crippen MR) is 119 cm³/mol. The fourth-order valence-corrected chi connectivity index (χ4v) is 2.82. The van der Waals surface area contributed by atoms with Crippen molar-refractivity contribution in [3.05, 3.63) is 36.4 Å². The molecule has 0 aliphatic heterocycles. The maximum absolute atomic E-state index is 11.6. The van der Waals surface area contributed by atoms with Crippen LogP contribution >= 0.6 is 0 Å². The summed E-state index contributed by atoms with van der Waals surface area (Å²) in [6.45, 7) is 7.73. The molecule has 162 valence electrons. The summed E-state index contributed by atoms with van der Waals surface area (Å²) in [7, 11) is 5.42. The van der Waals surface area contributed by atoms with Gasteiger partial charge in [-0.25, -0.2) is 0 Å². The van der Waals surface area contributed by atoms with Crippen LogP contribution in [-0.4, -0.2) is 57.7 Å². The number of nitrogens with zero attached hydrogens (tertiary/aromatic N) is 2. The molecule has 0 fully saturated rings. The van der Waals surface area contributed by atoms with E-state index < -0.39 is 0 Å². The van der Waals surface area contributed by atoms with Crippen LogP contribution in [0.3, 0.4) is 0 Å². The molecule has 0 aliphatic carbocycles. The first-order valence-corrected chi connectivity index (χ1v) is 10.1. The van der Waals surface area contributed by atoms with Crippen molar-refractivity contribution in [1.82, 2.24) is 15.5 Å². The molecule has 0 bridgehead atoms. The van der Waals surface area contributed by atoms with Crippen LogP contribution in [0.4, 0.5) is 0 Å². The van der Waals surface area contributed by atoms with Gasteiger partial charge < -0.3 is 25.0 Å². The summed E-state index contributed by atoms with van der Waals surface area (Å²) in [5, 5.41) is 6.08. The monoisotopic (exact) mass is 404 g/mol. The minimum Gasteiger partial charge on any atom is -0.493 e. The highest BCUT2D eigenvalue weighted by molar-refractivity contribution is 5.79. The highest BCUT2D eigenvalue weighted by Crippen LogP contribution is 2.28. The Morgan fingerprint density at radius 2 is 2.03 bits per heavy atom. The van der Waals surface area contributed by atoms with Gasteiger partial charge in [-0.15, -0.1) is 6.58 Å². The third-order valence-corrected chi connectivity index (χ3v) is 4.39. The maximum atomic E-state index is 11.6. The summed E-state index contributed by atoms with van der Waals surface area (Å²) in [6, 6.07) is 5.68. The van der Waals surface area contributed by atoms with E-state index >= 15 is 0 Å². The van der Waals surface area contributed by atoms with Gasteiger partial charge in [-0.2, -0.15) is 0 Å². The van der Waals surface area contributed by atoms with Crippen molar-refractivity contribution in [1.29, 1.82) is 0 Å². The van der Waals surface area contributed by atoms with Gasteiger partial charge in [0.1, 0.15) is 0 Å². The Balaban J connectivity index is 2.56. The molecule has 0 saturated carbocycles. The minimum absolute atomic E-state index is 0.0357. The maximum Gasteiger partial charge on any atom is 0.257 e. The van der Waals surface area contributed by atoms with Gasteiger partial charge in [0.25, 0.3) is 5.91 Å². The largest absolute Gasteiger partial charge is 0.493 e. The molecule has 0 spiro atoms. The molecule has 29 heavy (non-hydrogen) atoms. The molecular weight excluding hydrogens is 368 g/mol. The number of amides is 1. The van der Waals surface area contributed by atoms with Gasteiger partial charge >= 0.3 is 0 Å². The van der Waals surface area contributed by atoms with Gasteiger partial charge in [-0.05, 0) is 43.9 Å². The summed E-state index contributed by atoms with van der Waals surface area (Å²) >= 11 is 0. The van der Waals surface area contributed by atoms with Crippen LogP contribution in [-0.2, 0) is 11.3 Å². The average molecular weight is 405 g/mol. The normalized spacial score (nSPS) is 11.0. The number of hydrogen-bond acceptors (Lipinski definition) is 4. The van der Waals surface area contributed by atoms with E-state index in [4.69, 9.17) is 9.47 Å². The number of likely N-dealkylation sites (N-methyl/N-ethyl adjacent to an activating group) is 1. The molecule has 0 atom stereocenters. The van der Waals surface area contributed by atoms with Crippen LogP contribution in [0.15, 0.2) is 35.8 Å². The molecule has 0 saturated heterocycles. The SMILES string of the molecule is C=CCCCCCN(C)C(=NC)NCc1ccc(OCC(=O)NCC)c(OC)c1. The predicted octanol–water partition coefficient (Wildman–Crippen LogP) is 2.96. The second-order valence-electron chi connectivity index (χ2n) is 6.69. The lowest BCUT2D eigenvalue weighted by Gasteiger charge is -2.22. The quantitative estimate of drug-likeness (QED) is 0.229. The van der Waals surface area contributed by atoms with E-state index in [9.17, 15) is 4.79 Å². The van der Waals surface area contributed by atoms with Crippen LogP contribution in [0.1, 0.15) is 38.2 Å². The van der Waals surface area contributed by atoms with Gasteiger partial charge in [0.15, 0.2) is 24.1 Å². The van der Waals surface area contributed by atoms with E-state index in [1.165, 1.54) is 12.8 Å². The smallest absolute Gasteiger partial charge is 0.257 e. The Morgan fingerprint density at radius 3 is 2.69 bits per heavy atom.